The number of alkyl halides is 3. The van der Waals surface area contributed by atoms with Gasteiger partial charge in [-0.25, -0.2) is 4.98 Å². The molecule has 25 heavy (non-hydrogen) atoms. The van der Waals surface area contributed by atoms with Crippen molar-refractivity contribution in [3.05, 3.63) is 41.6 Å². The van der Waals surface area contributed by atoms with Gasteiger partial charge in [0.2, 0.25) is 11.8 Å². The minimum absolute atomic E-state index is 0.0822. The molecule has 1 aromatic carbocycles. The lowest BCUT2D eigenvalue weighted by atomic mass is 10.1. The highest BCUT2D eigenvalue weighted by Gasteiger charge is 2.36. The molecular weight excluding hydrogens is 331 g/mol. The van der Waals surface area contributed by atoms with E-state index >= 15 is 0 Å². The smallest absolute Gasteiger partial charge is 0.423 e. The van der Waals surface area contributed by atoms with Crippen molar-refractivity contribution in [3.63, 3.8) is 0 Å². The molecule has 0 amide bonds. The van der Waals surface area contributed by atoms with E-state index in [4.69, 9.17) is 4.74 Å². The molecule has 0 spiro atoms. The molecule has 0 aliphatic heterocycles. The summed E-state index contributed by atoms with van der Waals surface area (Å²) in [6.07, 6.45) is -2.88. The van der Waals surface area contributed by atoms with E-state index in [2.05, 4.69) is 16.9 Å². The monoisotopic (exact) mass is 353 g/mol. The lowest BCUT2D eigenvalue weighted by molar-refractivity contribution is -0.139. The molecular formula is C18H22F3N3O. The van der Waals surface area contributed by atoms with Crippen molar-refractivity contribution in [2.24, 2.45) is 5.92 Å². The van der Waals surface area contributed by atoms with Gasteiger partial charge < -0.3 is 9.64 Å². The summed E-state index contributed by atoms with van der Waals surface area (Å²) in [4.78, 5) is 9.50. The second kappa shape index (κ2) is 7.72. The van der Waals surface area contributed by atoms with Crippen molar-refractivity contribution in [2.75, 3.05) is 18.6 Å². The molecule has 7 heteroatoms. The summed E-state index contributed by atoms with van der Waals surface area (Å²) in [5.41, 5.74) is 0.991. The topological polar surface area (TPSA) is 38.2 Å². The molecule has 0 radical (unpaired) electrons. The molecule has 0 N–H and O–H groups in total. The summed E-state index contributed by atoms with van der Waals surface area (Å²) in [5.74, 6) is -0.210. The molecule has 0 saturated carbocycles. The quantitative estimate of drug-likeness (QED) is 0.743. The zero-order valence-corrected chi connectivity index (χ0v) is 14.8. The van der Waals surface area contributed by atoms with E-state index in [0.717, 1.165) is 18.3 Å². The Balaban J connectivity index is 2.35. The summed E-state index contributed by atoms with van der Waals surface area (Å²) in [6.45, 7) is 5.91. The van der Waals surface area contributed by atoms with E-state index < -0.39 is 17.6 Å². The zero-order valence-electron chi connectivity index (χ0n) is 14.8. The summed E-state index contributed by atoms with van der Waals surface area (Å²) in [5, 5.41) is 0. The van der Waals surface area contributed by atoms with Gasteiger partial charge in [0.25, 0.3) is 0 Å². The third-order valence-corrected chi connectivity index (χ3v) is 3.63. The fourth-order valence-electron chi connectivity index (χ4n) is 2.14. The van der Waals surface area contributed by atoms with E-state index in [9.17, 15) is 13.2 Å². The predicted octanol–water partition coefficient (Wildman–Crippen LogP) is 4.86. The fourth-order valence-corrected chi connectivity index (χ4v) is 2.14. The number of anilines is 2. The Labute approximate surface area is 145 Å². The van der Waals surface area contributed by atoms with E-state index in [1.807, 2.05) is 38.1 Å². The highest BCUT2D eigenvalue weighted by Crippen LogP contribution is 2.36. The SMILES string of the molecule is CCc1ccc(N(C)c2ncc(C(F)(F)F)c(OCC(C)C)n2)cc1. The largest absolute Gasteiger partial charge is 0.477 e. The van der Waals surface area contributed by atoms with Gasteiger partial charge in [-0.3, -0.25) is 0 Å². The molecule has 0 bridgehead atoms. The van der Waals surface area contributed by atoms with Gasteiger partial charge in [-0.1, -0.05) is 32.9 Å². The highest BCUT2D eigenvalue weighted by atomic mass is 19.4. The van der Waals surface area contributed by atoms with Crippen LogP contribution in [0.3, 0.4) is 0 Å². The van der Waals surface area contributed by atoms with E-state index in [-0.39, 0.29) is 18.5 Å². The average Bonchev–Trinajstić information content (AvgIpc) is 2.58. The van der Waals surface area contributed by atoms with Crippen LogP contribution in [-0.2, 0) is 12.6 Å². The fraction of sp³-hybridized carbons (Fsp3) is 0.444. The van der Waals surface area contributed by atoms with Gasteiger partial charge in [0, 0.05) is 18.9 Å². The van der Waals surface area contributed by atoms with Crippen LogP contribution in [0.5, 0.6) is 5.88 Å². The Bertz CT molecular complexity index is 700. The van der Waals surface area contributed by atoms with Crippen LogP contribution in [0.25, 0.3) is 0 Å². The molecule has 2 aromatic rings. The van der Waals surface area contributed by atoms with Crippen LogP contribution < -0.4 is 9.64 Å². The van der Waals surface area contributed by atoms with Gasteiger partial charge in [-0.05, 0) is 30.0 Å². The number of nitrogens with zero attached hydrogens (tertiary/aromatic N) is 3. The lowest BCUT2D eigenvalue weighted by Crippen LogP contribution is -2.18. The predicted molar refractivity (Wildman–Crippen MR) is 91.3 cm³/mol. The maximum absolute atomic E-state index is 13.1. The Morgan fingerprint density at radius 3 is 2.32 bits per heavy atom. The Hall–Kier alpha value is -2.31. The average molecular weight is 353 g/mol. The normalized spacial score (nSPS) is 11.7. The second-order valence-electron chi connectivity index (χ2n) is 6.17. The van der Waals surface area contributed by atoms with Crippen LogP contribution in [0.15, 0.2) is 30.5 Å². The standard InChI is InChI=1S/C18H22F3N3O/c1-5-13-6-8-14(9-7-13)24(4)17-22-10-15(18(19,20)21)16(23-17)25-11-12(2)3/h6-10,12H,5,11H2,1-4H3. The third kappa shape index (κ3) is 4.84. The minimum Gasteiger partial charge on any atom is -0.477 e. The molecule has 0 aliphatic rings. The number of aromatic nitrogens is 2. The van der Waals surface area contributed by atoms with Crippen molar-refractivity contribution >= 4 is 11.6 Å². The summed E-state index contributed by atoms with van der Waals surface area (Å²) < 4.78 is 44.7. The number of hydrogen-bond donors (Lipinski definition) is 0. The molecule has 0 saturated heterocycles. The summed E-state index contributed by atoms with van der Waals surface area (Å²) in [7, 11) is 1.70. The molecule has 4 nitrogen and oxygen atoms in total. The number of rotatable bonds is 6. The Morgan fingerprint density at radius 1 is 1.16 bits per heavy atom. The van der Waals surface area contributed by atoms with Crippen LogP contribution in [-0.4, -0.2) is 23.6 Å². The first-order valence-electron chi connectivity index (χ1n) is 8.12. The maximum Gasteiger partial charge on any atom is 0.423 e. The Kier molecular flexibility index (Phi) is 5.87. The summed E-state index contributed by atoms with van der Waals surface area (Å²) in [6, 6.07) is 7.70. The first kappa shape index (κ1) is 19.0. The van der Waals surface area contributed by atoms with Crippen LogP contribution in [0.1, 0.15) is 31.9 Å². The molecule has 0 aliphatic carbocycles. The van der Waals surface area contributed by atoms with E-state index in [0.29, 0.717) is 0 Å². The molecule has 0 atom stereocenters. The maximum atomic E-state index is 13.1. The molecule has 0 unspecified atom stereocenters. The van der Waals surface area contributed by atoms with Gasteiger partial charge >= 0.3 is 6.18 Å². The molecule has 2 rings (SSSR count). The molecule has 136 valence electrons. The number of benzene rings is 1. The van der Waals surface area contributed by atoms with Crippen molar-refractivity contribution in [1.29, 1.82) is 0 Å². The van der Waals surface area contributed by atoms with Crippen molar-refractivity contribution in [3.8, 4) is 5.88 Å². The van der Waals surface area contributed by atoms with Gasteiger partial charge in [0.1, 0.15) is 5.56 Å². The van der Waals surface area contributed by atoms with Gasteiger partial charge in [-0.2, -0.15) is 18.2 Å². The van der Waals surface area contributed by atoms with Gasteiger partial charge in [-0.15, -0.1) is 0 Å². The van der Waals surface area contributed by atoms with Crippen LogP contribution in [0, 0.1) is 5.92 Å². The molecule has 1 heterocycles. The van der Waals surface area contributed by atoms with Crippen molar-refractivity contribution in [2.45, 2.75) is 33.4 Å². The van der Waals surface area contributed by atoms with Crippen LogP contribution in [0.4, 0.5) is 24.8 Å². The van der Waals surface area contributed by atoms with Crippen molar-refractivity contribution < 1.29 is 17.9 Å². The lowest BCUT2D eigenvalue weighted by Gasteiger charge is -2.20. The first-order valence-corrected chi connectivity index (χ1v) is 8.12. The molecule has 1 aromatic heterocycles. The number of ether oxygens (including phenoxy) is 1. The number of hydrogen-bond acceptors (Lipinski definition) is 4. The first-order chi connectivity index (χ1) is 11.7. The Morgan fingerprint density at radius 2 is 1.80 bits per heavy atom. The minimum atomic E-state index is -4.56. The number of halogens is 3. The van der Waals surface area contributed by atoms with Crippen LogP contribution in [0.2, 0.25) is 0 Å². The molecule has 0 fully saturated rings. The van der Waals surface area contributed by atoms with Crippen molar-refractivity contribution in [1.82, 2.24) is 9.97 Å². The zero-order chi connectivity index (χ0) is 18.6. The highest BCUT2D eigenvalue weighted by molar-refractivity contribution is 5.57. The van der Waals surface area contributed by atoms with E-state index in [1.165, 1.54) is 5.56 Å². The van der Waals surface area contributed by atoms with Gasteiger partial charge in [0.15, 0.2) is 0 Å². The third-order valence-electron chi connectivity index (χ3n) is 3.63. The summed E-state index contributed by atoms with van der Waals surface area (Å²) >= 11 is 0. The van der Waals surface area contributed by atoms with E-state index in [1.54, 1.807) is 11.9 Å². The second-order valence-corrected chi connectivity index (χ2v) is 6.17. The number of aryl methyl sites for hydroxylation is 1. The van der Waals surface area contributed by atoms with Crippen LogP contribution >= 0.6 is 0 Å². The van der Waals surface area contributed by atoms with Gasteiger partial charge in [0.05, 0.1) is 6.61 Å².